The van der Waals surface area contributed by atoms with Crippen molar-refractivity contribution >= 4 is 37.3 Å². The molecule has 0 spiro atoms. The van der Waals surface area contributed by atoms with Gasteiger partial charge in [-0.25, -0.2) is 0 Å². The summed E-state index contributed by atoms with van der Waals surface area (Å²) in [4.78, 5) is 34.1. The SMILES string of the molecule is CC(=O)OC[C@H]1O[C@@H]([Se]c2ccccc2)[C@H](OC(C)=O)[C@@H]1OC(C)=O. The van der Waals surface area contributed by atoms with E-state index in [9.17, 15) is 14.4 Å². The summed E-state index contributed by atoms with van der Waals surface area (Å²) in [6, 6.07) is 9.63. The van der Waals surface area contributed by atoms with E-state index >= 15 is 0 Å². The van der Waals surface area contributed by atoms with Crippen LogP contribution in [0.4, 0.5) is 0 Å². The zero-order valence-electron chi connectivity index (χ0n) is 14.2. The van der Waals surface area contributed by atoms with Crippen molar-refractivity contribution < 1.29 is 33.3 Å². The molecule has 25 heavy (non-hydrogen) atoms. The van der Waals surface area contributed by atoms with E-state index in [2.05, 4.69) is 0 Å². The number of carbonyl (C=O) groups is 3. The molecule has 0 radical (unpaired) electrons. The van der Waals surface area contributed by atoms with Crippen molar-refractivity contribution in [2.75, 3.05) is 6.61 Å². The van der Waals surface area contributed by atoms with Crippen LogP contribution in [-0.2, 0) is 33.3 Å². The first kappa shape index (κ1) is 19.4. The molecule has 0 aliphatic carbocycles. The first-order chi connectivity index (χ1) is 11.9. The molecule has 1 aliphatic rings. The van der Waals surface area contributed by atoms with Crippen molar-refractivity contribution in [1.29, 1.82) is 0 Å². The Hall–Kier alpha value is -1.89. The number of benzene rings is 1. The molecule has 1 aliphatic heterocycles. The Balaban J connectivity index is 2.21. The summed E-state index contributed by atoms with van der Waals surface area (Å²) in [5.41, 5.74) is 0. The summed E-state index contributed by atoms with van der Waals surface area (Å²) < 4.78 is 22.7. The first-order valence-corrected chi connectivity index (χ1v) is 9.56. The van der Waals surface area contributed by atoms with E-state index in [1.54, 1.807) is 0 Å². The Morgan fingerprint density at radius 2 is 1.56 bits per heavy atom. The van der Waals surface area contributed by atoms with Crippen LogP contribution in [0.15, 0.2) is 30.3 Å². The second-order valence-electron chi connectivity index (χ2n) is 5.42. The molecule has 0 saturated carbocycles. The van der Waals surface area contributed by atoms with Gasteiger partial charge in [0, 0.05) is 0 Å². The van der Waals surface area contributed by atoms with Gasteiger partial charge in [-0.2, -0.15) is 0 Å². The molecule has 136 valence electrons. The second-order valence-corrected chi connectivity index (χ2v) is 7.88. The van der Waals surface area contributed by atoms with Crippen molar-refractivity contribution in [3.05, 3.63) is 30.3 Å². The molecular formula is C17H20O7Se. The van der Waals surface area contributed by atoms with Crippen LogP contribution in [-0.4, -0.2) is 62.8 Å². The van der Waals surface area contributed by atoms with Gasteiger partial charge in [0.1, 0.15) is 0 Å². The van der Waals surface area contributed by atoms with E-state index in [1.165, 1.54) is 20.8 Å². The number of esters is 3. The Morgan fingerprint density at radius 1 is 0.960 bits per heavy atom. The van der Waals surface area contributed by atoms with Gasteiger partial charge in [-0.3, -0.25) is 0 Å². The Kier molecular flexibility index (Phi) is 6.99. The molecule has 2 rings (SSSR count). The van der Waals surface area contributed by atoms with Gasteiger partial charge >= 0.3 is 152 Å². The maximum absolute atomic E-state index is 11.5. The third kappa shape index (κ3) is 5.85. The summed E-state index contributed by atoms with van der Waals surface area (Å²) >= 11 is -0.190. The monoisotopic (exact) mass is 416 g/mol. The fourth-order valence-corrected chi connectivity index (χ4v) is 4.77. The van der Waals surface area contributed by atoms with Crippen LogP contribution < -0.4 is 4.46 Å². The quantitative estimate of drug-likeness (QED) is 0.372. The van der Waals surface area contributed by atoms with Crippen LogP contribution in [0.1, 0.15) is 20.8 Å². The molecule has 7 nitrogen and oxygen atoms in total. The topological polar surface area (TPSA) is 88.1 Å². The Morgan fingerprint density at radius 3 is 2.12 bits per heavy atom. The number of hydrogen-bond donors (Lipinski definition) is 0. The predicted octanol–water partition coefficient (Wildman–Crippen LogP) is 0.167. The van der Waals surface area contributed by atoms with Crippen molar-refractivity contribution in [3.63, 3.8) is 0 Å². The van der Waals surface area contributed by atoms with E-state index in [0.717, 1.165) is 4.46 Å². The number of hydrogen-bond acceptors (Lipinski definition) is 7. The van der Waals surface area contributed by atoms with Crippen LogP contribution in [0.25, 0.3) is 0 Å². The summed E-state index contributed by atoms with van der Waals surface area (Å²) in [5, 5.41) is -0.455. The third-order valence-corrected chi connectivity index (χ3v) is 5.74. The van der Waals surface area contributed by atoms with Gasteiger partial charge in [-0.1, -0.05) is 0 Å². The van der Waals surface area contributed by atoms with E-state index in [-0.39, 0.29) is 21.6 Å². The molecule has 0 amide bonds. The van der Waals surface area contributed by atoms with Gasteiger partial charge in [0.2, 0.25) is 0 Å². The molecule has 0 N–H and O–H groups in total. The molecule has 0 bridgehead atoms. The molecule has 1 heterocycles. The standard InChI is InChI=1S/C17H20O7Se/c1-10(18)21-9-14-15(22-11(2)19)16(23-12(3)20)17(24-14)25-13-7-5-4-6-8-13/h4-8,14-17H,9H2,1-3H3/t14-,15-,16-,17+/m1/s1. The number of ether oxygens (including phenoxy) is 4. The Bertz CT molecular complexity index is 619. The normalized spacial score (nSPS) is 25.2. The van der Waals surface area contributed by atoms with Crippen molar-refractivity contribution in [2.24, 2.45) is 0 Å². The molecule has 1 saturated heterocycles. The minimum atomic E-state index is -0.823. The number of rotatable bonds is 6. The molecule has 4 atom stereocenters. The van der Waals surface area contributed by atoms with E-state index in [0.29, 0.717) is 0 Å². The van der Waals surface area contributed by atoms with Crippen molar-refractivity contribution in [2.45, 2.75) is 44.1 Å². The van der Waals surface area contributed by atoms with Crippen LogP contribution >= 0.6 is 0 Å². The summed E-state index contributed by atoms with van der Waals surface area (Å²) in [6.45, 7) is 3.76. The summed E-state index contributed by atoms with van der Waals surface area (Å²) in [7, 11) is 0. The molecule has 0 unspecified atom stereocenters. The van der Waals surface area contributed by atoms with Crippen LogP contribution in [0.5, 0.6) is 0 Å². The average Bonchev–Trinajstić information content (AvgIpc) is 2.82. The van der Waals surface area contributed by atoms with Gasteiger partial charge in [0.25, 0.3) is 0 Å². The van der Waals surface area contributed by atoms with Gasteiger partial charge in [0.05, 0.1) is 0 Å². The number of carbonyl (C=O) groups excluding carboxylic acids is 3. The minimum absolute atomic E-state index is 0.0770. The first-order valence-electron chi connectivity index (χ1n) is 7.71. The van der Waals surface area contributed by atoms with E-state index in [1.807, 2.05) is 30.3 Å². The summed E-state index contributed by atoms with van der Waals surface area (Å²) in [6.07, 6.45) is -2.26. The zero-order valence-corrected chi connectivity index (χ0v) is 15.9. The molecule has 0 aromatic heterocycles. The summed E-state index contributed by atoms with van der Waals surface area (Å²) in [5.74, 6) is -1.48. The van der Waals surface area contributed by atoms with Crippen molar-refractivity contribution in [1.82, 2.24) is 0 Å². The second kappa shape index (κ2) is 8.99. The van der Waals surface area contributed by atoms with Gasteiger partial charge in [-0.05, 0) is 0 Å². The van der Waals surface area contributed by atoms with Gasteiger partial charge in [0.15, 0.2) is 0 Å². The zero-order chi connectivity index (χ0) is 18.4. The molecular weight excluding hydrogens is 395 g/mol. The maximum atomic E-state index is 11.5. The van der Waals surface area contributed by atoms with E-state index in [4.69, 9.17) is 18.9 Å². The van der Waals surface area contributed by atoms with E-state index < -0.39 is 41.2 Å². The fourth-order valence-electron chi connectivity index (χ4n) is 2.40. The van der Waals surface area contributed by atoms with Crippen LogP contribution in [0.2, 0.25) is 0 Å². The molecule has 1 aromatic rings. The molecule has 1 fully saturated rings. The molecule has 1 aromatic carbocycles. The fraction of sp³-hybridized carbons (Fsp3) is 0.471. The van der Waals surface area contributed by atoms with Crippen LogP contribution in [0.3, 0.4) is 0 Å². The van der Waals surface area contributed by atoms with Crippen LogP contribution in [0, 0.1) is 0 Å². The Labute approximate surface area is 152 Å². The third-order valence-electron chi connectivity index (χ3n) is 3.32. The van der Waals surface area contributed by atoms with Crippen molar-refractivity contribution in [3.8, 4) is 0 Å². The molecule has 8 heteroatoms. The predicted molar refractivity (Wildman–Crippen MR) is 88.2 cm³/mol. The average molecular weight is 415 g/mol. The van der Waals surface area contributed by atoms with Gasteiger partial charge < -0.3 is 0 Å². The van der Waals surface area contributed by atoms with Gasteiger partial charge in [-0.15, -0.1) is 0 Å².